The van der Waals surface area contributed by atoms with Crippen LogP contribution in [0.25, 0.3) is 11.0 Å². The van der Waals surface area contributed by atoms with Crippen molar-refractivity contribution < 1.29 is 4.79 Å². The van der Waals surface area contributed by atoms with Crippen molar-refractivity contribution in [2.45, 2.75) is 20.8 Å². The minimum Gasteiger partial charge on any atom is -0.311 e. The molecule has 3 rings (SSSR count). The third kappa shape index (κ3) is 2.35. The lowest BCUT2D eigenvalue weighted by molar-refractivity contribution is 0.0994. The Balaban J connectivity index is 2.10. The molecule has 0 aliphatic carbocycles. The van der Waals surface area contributed by atoms with Gasteiger partial charge in [-0.15, -0.1) is 0 Å². The fourth-order valence-corrected chi connectivity index (χ4v) is 2.60. The molecule has 0 aliphatic heterocycles. The fourth-order valence-electron chi connectivity index (χ4n) is 2.60. The van der Waals surface area contributed by atoms with Crippen molar-refractivity contribution in [3.63, 3.8) is 0 Å². The molecular weight excluding hydrogens is 276 g/mol. The molecule has 1 N–H and O–H groups in total. The lowest BCUT2D eigenvalue weighted by atomic mass is 10.1. The van der Waals surface area contributed by atoms with Crippen LogP contribution in [0.1, 0.15) is 27.3 Å². The third-order valence-electron chi connectivity index (χ3n) is 3.76. The number of carbonyl (C=O) groups is 1. The van der Waals surface area contributed by atoms with E-state index in [-0.39, 0.29) is 5.91 Å². The lowest BCUT2D eigenvalue weighted by Gasteiger charge is -2.18. The first kappa shape index (κ1) is 14.3. The first-order valence-corrected chi connectivity index (χ1v) is 7.14. The van der Waals surface area contributed by atoms with Gasteiger partial charge in [-0.25, -0.2) is 4.98 Å². The normalized spacial score (nSPS) is 10.9. The van der Waals surface area contributed by atoms with E-state index in [0.717, 1.165) is 28.0 Å². The molecule has 112 valence electrons. The molecule has 0 saturated carbocycles. The Bertz CT molecular complexity index is 866. The molecule has 0 bridgehead atoms. The zero-order valence-electron chi connectivity index (χ0n) is 13.1. The number of aromatic nitrogens is 3. The number of benzene rings is 1. The second kappa shape index (κ2) is 5.26. The summed E-state index contributed by atoms with van der Waals surface area (Å²) in [7, 11) is 1.79. The number of hydrogen-bond donors (Lipinski definition) is 1. The maximum atomic E-state index is 12.9. The average Bonchev–Trinajstić information content (AvgIpc) is 2.86. The number of H-pyrrole nitrogens is 1. The molecule has 5 heteroatoms. The maximum Gasteiger partial charge on any atom is 0.258 e. The van der Waals surface area contributed by atoms with Crippen LogP contribution in [0.2, 0.25) is 0 Å². The van der Waals surface area contributed by atoms with Crippen LogP contribution in [0, 0.1) is 20.8 Å². The van der Waals surface area contributed by atoms with E-state index in [9.17, 15) is 4.79 Å². The van der Waals surface area contributed by atoms with Gasteiger partial charge in [0, 0.05) is 24.1 Å². The van der Waals surface area contributed by atoms with Gasteiger partial charge in [0.2, 0.25) is 0 Å². The van der Waals surface area contributed by atoms with Crippen molar-refractivity contribution in [3.05, 3.63) is 52.8 Å². The van der Waals surface area contributed by atoms with E-state index in [4.69, 9.17) is 0 Å². The summed E-state index contributed by atoms with van der Waals surface area (Å²) in [4.78, 5) is 19.0. The van der Waals surface area contributed by atoms with Crippen LogP contribution in [0.4, 0.5) is 5.69 Å². The van der Waals surface area contributed by atoms with Crippen molar-refractivity contribution in [2.75, 3.05) is 11.9 Å². The second-order valence-corrected chi connectivity index (χ2v) is 5.56. The number of pyridine rings is 1. The Morgan fingerprint density at radius 3 is 2.68 bits per heavy atom. The van der Waals surface area contributed by atoms with Crippen LogP contribution in [-0.4, -0.2) is 28.1 Å². The van der Waals surface area contributed by atoms with Crippen molar-refractivity contribution >= 4 is 22.6 Å². The Kier molecular flexibility index (Phi) is 3.41. The Morgan fingerprint density at radius 1 is 1.18 bits per heavy atom. The summed E-state index contributed by atoms with van der Waals surface area (Å²) in [6, 6.07) is 9.70. The number of nitrogens with zero attached hydrogens (tertiary/aromatic N) is 3. The number of hydrogen-bond acceptors (Lipinski definition) is 3. The summed E-state index contributed by atoms with van der Waals surface area (Å²) in [5, 5.41) is 7.85. The number of rotatable bonds is 2. The molecule has 0 spiro atoms. The zero-order valence-corrected chi connectivity index (χ0v) is 13.1. The van der Waals surface area contributed by atoms with Crippen LogP contribution in [0.5, 0.6) is 0 Å². The molecular formula is C17H18N4O. The van der Waals surface area contributed by atoms with Gasteiger partial charge in [0.1, 0.15) is 0 Å². The number of fused-ring (bicyclic) bond motifs is 1. The van der Waals surface area contributed by atoms with E-state index in [1.807, 2.05) is 51.1 Å². The summed E-state index contributed by atoms with van der Waals surface area (Å²) in [6.07, 6.45) is 0. The number of aromatic amines is 1. The van der Waals surface area contributed by atoms with Crippen LogP contribution in [0.3, 0.4) is 0 Å². The standard InChI is InChI=1S/C17H18N4O/c1-10-6-5-7-13(8-10)21(4)17(22)14-9-11(2)18-16-15(14)12(3)19-20-16/h5-9H,1-4H3,(H,18,19,20). The van der Waals surface area contributed by atoms with Gasteiger partial charge >= 0.3 is 0 Å². The number of amides is 1. The van der Waals surface area contributed by atoms with Gasteiger partial charge in [-0.3, -0.25) is 9.89 Å². The zero-order chi connectivity index (χ0) is 15.9. The smallest absolute Gasteiger partial charge is 0.258 e. The molecule has 3 aromatic rings. The largest absolute Gasteiger partial charge is 0.311 e. The summed E-state index contributed by atoms with van der Waals surface area (Å²) in [5.74, 6) is -0.0643. The molecule has 2 heterocycles. The van der Waals surface area contributed by atoms with Crippen LogP contribution in [0.15, 0.2) is 30.3 Å². The van der Waals surface area contributed by atoms with E-state index in [2.05, 4.69) is 15.2 Å². The SMILES string of the molecule is Cc1cccc(N(C)C(=O)c2cc(C)nc3n[nH]c(C)c23)c1. The second-order valence-electron chi connectivity index (χ2n) is 5.56. The lowest BCUT2D eigenvalue weighted by Crippen LogP contribution is -2.26. The Hall–Kier alpha value is -2.69. The number of carbonyl (C=O) groups excluding carboxylic acids is 1. The highest BCUT2D eigenvalue weighted by atomic mass is 16.2. The van der Waals surface area contributed by atoms with Crippen molar-refractivity contribution in [1.29, 1.82) is 0 Å². The van der Waals surface area contributed by atoms with Crippen molar-refractivity contribution in [1.82, 2.24) is 15.2 Å². The summed E-state index contributed by atoms with van der Waals surface area (Å²) < 4.78 is 0. The highest BCUT2D eigenvalue weighted by molar-refractivity contribution is 6.13. The Labute approximate surface area is 129 Å². The monoisotopic (exact) mass is 294 g/mol. The van der Waals surface area contributed by atoms with E-state index < -0.39 is 0 Å². The Morgan fingerprint density at radius 2 is 1.95 bits per heavy atom. The van der Waals surface area contributed by atoms with Crippen molar-refractivity contribution in [2.24, 2.45) is 0 Å². The number of nitrogens with one attached hydrogen (secondary N) is 1. The van der Waals surface area contributed by atoms with Crippen molar-refractivity contribution in [3.8, 4) is 0 Å². The summed E-state index contributed by atoms with van der Waals surface area (Å²) in [6.45, 7) is 5.78. The highest BCUT2D eigenvalue weighted by Gasteiger charge is 2.20. The quantitative estimate of drug-likeness (QED) is 0.789. The molecule has 0 unspecified atom stereocenters. The molecule has 5 nitrogen and oxygen atoms in total. The number of aryl methyl sites for hydroxylation is 3. The van der Waals surface area contributed by atoms with Gasteiger partial charge in [0.25, 0.3) is 5.91 Å². The molecule has 0 radical (unpaired) electrons. The van der Waals surface area contributed by atoms with Crippen LogP contribution >= 0.6 is 0 Å². The van der Waals surface area contributed by atoms with E-state index in [1.165, 1.54) is 0 Å². The average molecular weight is 294 g/mol. The first-order valence-electron chi connectivity index (χ1n) is 7.14. The predicted molar refractivity (Wildman–Crippen MR) is 87.3 cm³/mol. The van der Waals surface area contributed by atoms with Gasteiger partial charge in [-0.1, -0.05) is 12.1 Å². The van der Waals surface area contributed by atoms with Gasteiger partial charge in [-0.05, 0) is 44.5 Å². The van der Waals surface area contributed by atoms with Gasteiger partial charge in [-0.2, -0.15) is 5.10 Å². The highest BCUT2D eigenvalue weighted by Crippen LogP contribution is 2.23. The maximum absolute atomic E-state index is 12.9. The molecule has 0 fully saturated rings. The first-order chi connectivity index (χ1) is 10.5. The molecule has 1 amide bonds. The molecule has 0 aliphatic rings. The van der Waals surface area contributed by atoms with Crippen LogP contribution < -0.4 is 4.90 Å². The minimum absolute atomic E-state index is 0.0643. The summed E-state index contributed by atoms with van der Waals surface area (Å²) >= 11 is 0. The van der Waals surface area contributed by atoms with Gasteiger partial charge in [0.15, 0.2) is 5.65 Å². The third-order valence-corrected chi connectivity index (χ3v) is 3.76. The summed E-state index contributed by atoms with van der Waals surface area (Å²) in [5.41, 5.74) is 4.82. The molecule has 0 saturated heterocycles. The fraction of sp³-hybridized carbons (Fsp3) is 0.235. The molecule has 22 heavy (non-hydrogen) atoms. The van der Waals surface area contributed by atoms with E-state index in [0.29, 0.717) is 11.2 Å². The molecule has 2 aromatic heterocycles. The van der Waals surface area contributed by atoms with Gasteiger partial charge < -0.3 is 4.90 Å². The molecule has 1 aromatic carbocycles. The van der Waals surface area contributed by atoms with E-state index >= 15 is 0 Å². The minimum atomic E-state index is -0.0643. The molecule has 0 atom stereocenters. The predicted octanol–water partition coefficient (Wildman–Crippen LogP) is 3.16. The van der Waals surface area contributed by atoms with Gasteiger partial charge in [0.05, 0.1) is 10.9 Å². The number of anilines is 1. The van der Waals surface area contributed by atoms with Crippen LogP contribution in [-0.2, 0) is 0 Å². The topological polar surface area (TPSA) is 61.9 Å². The van der Waals surface area contributed by atoms with E-state index in [1.54, 1.807) is 11.9 Å².